The molecule has 0 bridgehead atoms. The summed E-state index contributed by atoms with van der Waals surface area (Å²) < 4.78 is 27.0. The van der Waals surface area contributed by atoms with E-state index in [0.29, 0.717) is 19.9 Å². The third-order valence-electron chi connectivity index (χ3n) is 2.38. The molecule has 1 aromatic heterocycles. The maximum absolute atomic E-state index is 12.1. The van der Waals surface area contributed by atoms with Crippen molar-refractivity contribution >= 4 is 67.8 Å². The summed E-state index contributed by atoms with van der Waals surface area (Å²) in [6, 6.07) is 6.12. The number of rotatable bonds is 4. The van der Waals surface area contributed by atoms with E-state index in [-0.39, 0.29) is 15.8 Å². The summed E-state index contributed by atoms with van der Waals surface area (Å²) in [6.45, 7) is 0.00548. The SMILES string of the molecule is O=S(=O)(NCc1cc(Cl)ccc1Cl)c1cc(Cl)sc1Cl. The molecular weight excluding hydrogens is 384 g/mol. The van der Waals surface area contributed by atoms with E-state index in [1.807, 2.05) is 0 Å². The Morgan fingerprint density at radius 3 is 2.40 bits per heavy atom. The smallest absolute Gasteiger partial charge is 0.207 e. The van der Waals surface area contributed by atoms with E-state index in [2.05, 4.69) is 4.72 Å². The molecule has 1 aromatic carbocycles. The third-order valence-corrected chi connectivity index (χ3v) is 6.13. The van der Waals surface area contributed by atoms with E-state index in [9.17, 15) is 8.42 Å². The molecule has 0 fully saturated rings. The molecule has 3 nitrogen and oxygen atoms in total. The van der Waals surface area contributed by atoms with Crippen molar-refractivity contribution in [1.82, 2.24) is 4.72 Å². The summed E-state index contributed by atoms with van der Waals surface area (Å²) in [6.07, 6.45) is 0. The number of nitrogens with one attached hydrogen (secondary N) is 1. The molecule has 0 atom stereocenters. The highest BCUT2D eigenvalue weighted by Gasteiger charge is 2.21. The van der Waals surface area contributed by atoms with E-state index < -0.39 is 10.0 Å². The molecule has 0 unspecified atom stereocenters. The Balaban J connectivity index is 2.21. The van der Waals surface area contributed by atoms with Crippen LogP contribution < -0.4 is 4.72 Å². The fraction of sp³-hybridized carbons (Fsp3) is 0.0909. The van der Waals surface area contributed by atoms with Crippen LogP contribution in [0.1, 0.15) is 5.56 Å². The Morgan fingerprint density at radius 1 is 1.10 bits per heavy atom. The molecule has 2 rings (SSSR count). The van der Waals surface area contributed by atoms with Gasteiger partial charge in [0.1, 0.15) is 9.23 Å². The predicted molar refractivity (Wildman–Crippen MR) is 84.8 cm³/mol. The summed E-state index contributed by atoms with van der Waals surface area (Å²) >= 11 is 24.4. The Morgan fingerprint density at radius 2 is 1.80 bits per heavy atom. The molecule has 9 heteroatoms. The highest BCUT2D eigenvalue weighted by atomic mass is 35.5. The van der Waals surface area contributed by atoms with Gasteiger partial charge in [0, 0.05) is 16.6 Å². The number of halogens is 4. The number of sulfonamides is 1. The van der Waals surface area contributed by atoms with Crippen molar-refractivity contribution in [2.45, 2.75) is 11.4 Å². The molecule has 20 heavy (non-hydrogen) atoms. The average molecular weight is 391 g/mol. The molecular formula is C11H7Cl4NO2S2. The fourth-order valence-corrected chi connectivity index (χ4v) is 4.97. The lowest BCUT2D eigenvalue weighted by Crippen LogP contribution is -2.23. The lowest BCUT2D eigenvalue weighted by molar-refractivity contribution is 0.582. The van der Waals surface area contributed by atoms with Gasteiger partial charge >= 0.3 is 0 Å². The summed E-state index contributed by atoms with van der Waals surface area (Å²) in [4.78, 5) is -0.0488. The van der Waals surface area contributed by atoms with E-state index in [0.717, 1.165) is 11.3 Å². The van der Waals surface area contributed by atoms with E-state index in [1.54, 1.807) is 18.2 Å². The minimum atomic E-state index is -3.76. The van der Waals surface area contributed by atoms with Crippen LogP contribution in [-0.4, -0.2) is 8.42 Å². The van der Waals surface area contributed by atoms with Crippen LogP contribution in [0.2, 0.25) is 18.7 Å². The Bertz CT molecular complexity index is 743. The first-order valence-corrected chi connectivity index (χ1v) is 8.99. The summed E-state index contributed by atoms with van der Waals surface area (Å²) in [5, 5.41) is 0.895. The molecule has 1 heterocycles. The summed E-state index contributed by atoms with van der Waals surface area (Å²) in [5.74, 6) is 0. The standard InChI is InChI=1S/C11H7Cl4NO2S2/c12-7-1-2-8(13)6(3-7)5-16-20(17,18)9-4-10(14)19-11(9)15/h1-4,16H,5H2. The zero-order chi connectivity index (χ0) is 14.9. The van der Waals surface area contributed by atoms with E-state index in [1.165, 1.54) is 6.07 Å². The van der Waals surface area contributed by atoms with Crippen LogP contribution in [0.4, 0.5) is 0 Å². The predicted octanol–water partition coefficient (Wildman–Crippen LogP) is 4.84. The monoisotopic (exact) mass is 389 g/mol. The number of benzene rings is 1. The largest absolute Gasteiger partial charge is 0.243 e. The Hall–Kier alpha value is -0.0100. The molecule has 0 saturated heterocycles. The van der Waals surface area contributed by atoms with Crippen molar-refractivity contribution in [3.05, 3.63) is 48.5 Å². The second-order valence-corrected chi connectivity index (χ2v) is 8.61. The highest BCUT2D eigenvalue weighted by molar-refractivity contribution is 7.89. The Labute approximate surface area is 140 Å². The van der Waals surface area contributed by atoms with Crippen LogP contribution in [0.5, 0.6) is 0 Å². The van der Waals surface area contributed by atoms with Crippen LogP contribution in [-0.2, 0) is 16.6 Å². The van der Waals surface area contributed by atoms with Crippen LogP contribution >= 0.6 is 57.7 Å². The number of hydrogen-bond donors (Lipinski definition) is 1. The van der Waals surface area contributed by atoms with Gasteiger partial charge in [-0.25, -0.2) is 13.1 Å². The zero-order valence-electron chi connectivity index (χ0n) is 9.66. The van der Waals surface area contributed by atoms with Crippen LogP contribution in [0.15, 0.2) is 29.2 Å². The average Bonchev–Trinajstić information content (AvgIpc) is 2.70. The van der Waals surface area contributed by atoms with Gasteiger partial charge in [-0.3, -0.25) is 0 Å². The minimum absolute atomic E-state index is 0.00548. The second-order valence-electron chi connectivity index (χ2n) is 3.75. The molecule has 2 aromatic rings. The van der Waals surface area contributed by atoms with Crippen molar-refractivity contribution in [2.24, 2.45) is 0 Å². The lowest BCUT2D eigenvalue weighted by Gasteiger charge is -2.07. The molecule has 0 amide bonds. The van der Waals surface area contributed by atoms with Gasteiger partial charge in [0.05, 0.1) is 4.34 Å². The first-order chi connectivity index (χ1) is 9.29. The minimum Gasteiger partial charge on any atom is -0.207 e. The van der Waals surface area contributed by atoms with Crippen molar-refractivity contribution in [3.8, 4) is 0 Å². The maximum atomic E-state index is 12.1. The van der Waals surface area contributed by atoms with Gasteiger partial charge in [0.25, 0.3) is 0 Å². The normalized spacial score (nSPS) is 11.8. The van der Waals surface area contributed by atoms with Crippen LogP contribution in [0.25, 0.3) is 0 Å². The number of hydrogen-bond acceptors (Lipinski definition) is 3. The molecule has 0 aliphatic heterocycles. The summed E-state index contributed by atoms with van der Waals surface area (Å²) in [7, 11) is -3.76. The number of thiophene rings is 1. The molecule has 0 aliphatic rings. The molecule has 0 saturated carbocycles. The van der Waals surface area contributed by atoms with Crippen molar-refractivity contribution in [2.75, 3.05) is 0 Å². The second kappa shape index (κ2) is 6.40. The van der Waals surface area contributed by atoms with E-state index >= 15 is 0 Å². The first-order valence-electron chi connectivity index (χ1n) is 5.18. The van der Waals surface area contributed by atoms with Crippen LogP contribution in [0.3, 0.4) is 0 Å². The van der Waals surface area contributed by atoms with Gasteiger partial charge in [-0.05, 0) is 29.8 Å². The van der Waals surface area contributed by atoms with Crippen molar-refractivity contribution in [3.63, 3.8) is 0 Å². The molecule has 0 radical (unpaired) electrons. The van der Waals surface area contributed by atoms with Crippen molar-refractivity contribution < 1.29 is 8.42 Å². The molecule has 0 spiro atoms. The van der Waals surface area contributed by atoms with Gasteiger partial charge < -0.3 is 0 Å². The van der Waals surface area contributed by atoms with Gasteiger partial charge in [-0.1, -0.05) is 46.4 Å². The van der Waals surface area contributed by atoms with Crippen molar-refractivity contribution in [1.29, 1.82) is 0 Å². The van der Waals surface area contributed by atoms with E-state index in [4.69, 9.17) is 46.4 Å². The molecule has 108 valence electrons. The van der Waals surface area contributed by atoms with Gasteiger partial charge in [0.2, 0.25) is 10.0 Å². The highest BCUT2D eigenvalue weighted by Crippen LogP contribution is 2.34. The zero-order valence-corrected chi connectivity index (χ0v) is 14.3. The van der Waals surface area contributed by atoms with Gasteiger partial charge in [-0.2, -0.15) is 0 Å². The Kier molecular flexibility index (Phi) is 5.24. The molecule has 1 N–H and O–H groups in total. The van der Waals surface area contributed by atoms with Crippen LogP contribution in [0, 0.1) is 0 Å². The first kappa shape index (κ1) is 16.4. The maximum Gasteiger partial charge on any atom is 0.243 e. The fourth-order valence-electron chi connectivity index (χ4n) is 1.44. The third kappa shape index (κ3) is 3.80. The quantitative estimate of drug-likeness (QED) is 0.811. The molecule has 0 aliphatic carbocycles. The summed E-state index contributed by atoms with van der Waals surface area (Å²) in [5.41, 5.74) is 0.570. The van der Waals surface area contributed by atoms with Gasteiger partial charge in [-0.15, -0.1) is 11.3 Å². The lowest BCUT2D eigenvalue weighted by atomic mass is 10.2. The topological polar surface area (TPSA) is 46.2 Å². The van der Waals surface area contributed by atoms with Gasteiger partial charge in [0.15, 0.2) is 0 Å².